The normalized spacial score (nSPS) is 13.6. The van der Waals surface area contributed by atoms with Crippen LogP contribution < -0.4 is 0 Å². The molecule has 11 nitrogen and oxygen atoms in total. The quantitative estimate of drug-likeness (QED) is 0.134. The van der Waals surface area contributed by atoms with E-state index in [2.05, 4.69) is 30.1 Å². The molecule has 1 aliphatic heterocycles. The monoisotopic (exact) mass is 617 g/mol. The summed E-state index contributed by atoms with van der Waals surface area (Å²) in [5.41, 5.74) is 0. The molecule has 1 aliphatic rings. The van der Waals surface area contributed by atoms with Gasteiger partial charge in [0, 0.05) is 39.4 Å². The highest BCUT2D eigenvalue weighted by atomic mass is 32.2. The van der Waals surface area contributed by atoms with Crippen molar-refractivity contribution in [2.75, 3.05) is 11.5 Å². The summed E-state index contributed by atoms with van der Waals surface area (Å²) in [7, 11) is 0. The highest BCUT2D eigenvalue weighted by molar-refractivity contribution is 8.14. The largest absolute Gasteiger partial charge is 0.480 e. The molecule has 1 rings (SSSR count). The first-order valence-electron chi connectivity index (χ1n) is 11.3. The molecule has 0 radical (unpaired) electrons. The van der Waals surface area contributed by atoms with E-state index in [4.69, 9.17) is 10.2 Å². The van der Waals surface area contributed by atoms with Crippen molar-refractivity contribution in [3.63, 3.8) is 0 Å². The molecule has 2 unspecified atom stereocenters. The van der Waals surface area contributed by atoms with Gasteiger partial charge in [0.1, 0.15) is 5.25 Å². The molecule has 38 heavy (non-hydrogen) atoms. The van der Waals surface area contributed by atoms with Gasteiger partial charge in [-0.1, -0.05) is 43.8 Å². The molecule has 0 aromatic carbocycles. The van der Waals surface area contributed by atoms with Gasteiger partial charge >= 0.3 is 17.9 Å². The van der Waals surface area contributed by atoms with Crippen LogP contribution in [0.1, 0.15) is 79.6 Å². The fourth-order valence-electron chi connectivity index (χ4n) is 2.44. The van der Waals surface area contributed by atoms with Crippen molar-refractivity contribution in [2.24, 2.45) is 0 Å². The van der Waals surface area contributed by atoms with E-state index in [-0.39, 0.29) is 30.5 Å². The van der Waals surface area contributed by atoms with Crippen LogP contribution in [0.25, 0.3) is 0 Å². The predicted molar refractivity (Wildman–Crippen MR) is 154 cm³/mol. The summed E-state index contributed by atoms with van der Waals surface area (Å²) < 4.78 is 0. The van der Waals surface area contributed by atoms with Gasteiger partial charge in [-0.05, 0) is 31.4 Å². The molecule has 220 valence electrons. The lowest BCUT2D eigenvalue weighted by Gasteiger charge is -2.09. The minimum absolute atomic E-state index is 0. The zero-order valence-electron chi connectivity index (χ0n) is 21.0. The molecular weight excluding hydrogens is 579 g/mol. The molecule has 1 saturated heterocycles. The number of thioether (sulfide) groups is 2. The Morgan fingerprint density at radius 3 is 1.82 bits per heavy atom. The number of thiol groups is 2. The minimum Gasteiger partial charge on any atom is -0.480 e. The molecule has 2 atom stereocenters. The van der Waals surface area contributed by atoms with E-state index in [0.717, 1.165) is 50.1 Å². The summed E-state index contributed by atoms with van der Waals surface area (Å²) in [6.07, 6.45) is 4.75. The van der Waals surface area contributed by atoms with Crippen molar-refractivity contribution >= 4 is 88.7 Å². The average Bonchev–Trinajstić information content (AvgIpc) is 3.10. The third-order valence-electron chi connectivity index (χ3n) is 4.15. The molecule has 0 aromatic heterocycles. The number of unbranched alkanes of at least 4 members (excludes halogenated alkanes) is 2. The second kappa shape index (κ2) is 24.3. The topological polar surface area (TPSA) is 172 Å². The maximum atomic E-state index is 10.8. The Labute approximate surface area is 243 Å². The number of amides is 2. The molecule has 15 heteroatoms. The van der Waals surface area contributed by atoms with Gasteiger partial charge in [-0.15, -0.1) is 5.06 Å². The van der Waals surface area contributed by atoms with Crippen molar-refractivity contribution in [2.45, 2.75) is 90.1 Å². The molecule has 0 bridgehead atoms. The molecule has 2 N–H and O–H groups in total. The maximum Gasteiger partial charge on any atom is 0.330 e. The van der Waals surface area contributed by atoms with Crippen LogP contribution in [0.2, 0.25) is 0 Å². The van der Waals surface area contributed by atoms with E-state index < -0.39 is 40.2 Å². The summed E-state index contributed by atoms with van der Waals surface area (Å²) in [6, 6.07) is 0. The Kier molecular flexibility index (Phi) is 26.1. The number of carboxylic acid groups (broad SMARTS) is 2. The summed E-state index contributed by atoms with van der Waals surface area (Å²) in [4.78, 5) is 78.5. The highest BCUT2D eigenvalue weighted by Crippen LogP contribution is 2.19. The van der Waals surface area contributed by atoms with Crippen molar-refractivity contribution < 1.29 is 48.6 Å². The van der Waals surface area contributed by atoms with E-state index in [9.17, 15) is 33.6 Å². The summed E-state index contributed by atoms with van der Waals surface area (Å²) in [6.45, 7) is 4.02. The predicted octanol–water partition coefficient (Wildman–Crippen LogP) is 3.89. The second-order valence-corrected chi connectivity index (χ2v) is 11.2. The third kappa shape index (κ3) is 23.4. The number of hydrogen-bond acceptors (Lipinski definition) is 12. The van der Waals surface area contributed by atoms with Crippen LogP contribution in [-0.2, 0) is 38.4 Å². The highest BCUT2D eigenvalue weighted by Gasteiger charge is 2.31. The number of imide groups is 1. The van der Waals surface area contributed by atoms with E-state index >= 15 is 0 Å². The van der Waals surface area contributed by atoms with E-state index in [1.807, 2.05) is 0 Å². The zero-order chi connectivity index (χ0) is 29.0. The van der Waals surface area contributed by atoms with Gasteiger partial charge in [-0.25, -0.2) is 4.79 Å². The van der Waals surface area contributed by atoms with Gasteiger partial charge < -0.3 is 15.1 Å². The number of carboxylic acids is 2. The fourth-order valence-corrected chi connectivity index (χ4v) is 4.27. The number of rotatable bonds is 13. The third-order valence-corrected chi connectivity index (χ3v) is 6.89. The number of hydrogen-bond donors (Lipinski definition) is 4. The number of nitrogens with zero attached hydrogens (tertiary/aromatic N) is 1. The van der Waals surface area contributed by atoms with Crippen LogP contribution >= 0.6 is 48.8 Å². The Balaban J connectivity index is -0.000000494. The van der Waals surface area contributed by atoms with Gasteiger partial charge in [-0.3, -0.25) is 28.8 Å². The van der Waals surface area contributed by atoms with E-state index in [1.54, 1.807) is 0 Å². The number of carbonyl (C=O) groups is 7. The van der Waals surface area contributed by atoms with Gasteiger partial charge in [-0.2, -0.15) is 25.3 Å². The lowest BCUT2D eigenvalue weighted by atomic mass is 10.2. The Morgan fingerprint density at radius 2 is 1.42 bits per heavy atom. The standard InChI is InChI=1S/C10H16O4S2.C6H7NO4.C6H12O2S2.CH4/c1-7(11)15-6-4-3-5-9(10(13)14)16-8(2)12;1-4(8)11-7-5(9)2-3-6(7)10;7-6(8)5(10)3-1-2-4-9;/h9H,3-6H2,1-2H3,(H,13,14);2-3H2,1H3;5,9-10H,1-4H2,(H,7,8);1H4. The molecule has 0 aliphatic carbocycles. The molecule has 1 fully saturated rings. The molecule has 0 saturated carbocycles. The van der Waals surface area contributed by atoms with Gasteiger partial charge in [0.2, 0.25) is 0 Å². The summed E-state index contributed by atoms with van der Waals surface area (Å²) >= 11 is 9.98. The van der Waals surface area contributed by atoms with Crippen LogP contribution in [-0.4, -0.2) is 77.2 Å². The smallest absolute Gasteiger partial charge is 0.330 e. The molecule has 1 heterocycles. The maximum absolute atomic E-state index is 10.8. The zero-order valence-corrected chi connectivity index (χ0v) is 24.5. The van der Waals surface area contributed by atoms with Gasteiger partial charge in [0.15, 0.2) is 10.2 Å². The average molecular weight is 618 g/mol. The van der Waals surface area contributed by atoms with Crippen LogP contribution in [0, 0.1) is 0 Å². The SMILES string of the molecule is C.CC(=O)ON1C(=O)CCC1=O.CC(=O)SCCCCC(SC(C)=O)C(=O)O.O=C(O)C(S)CCCCS. The lowest BCUT2D eigenvalue weighted by Crippen LogP contribution is -2.30. The van der Waals surface area contributed by atoms with Gasteiger partial charge in [0.05, 0.1) is 5.25 Å². The first kappa shape index (κ1) is 40.8. The first-order chi connectivity index (χ1) is 17.2. The molecule has 2 amide bonds. The molecule has 0 aromatic rings. The van der Waals surface area contributed by atoms with Crippen LogP contribution in [0.5, 0.6) is 0 Å². The first-order valence-corrected chi connectivity index (χ1v) is 14.3. The van der Waals surface area contributed by atoms with Crippen molar-refractivity contribution in [1.82, 2.24) is 5.06 Å². The van der Waals surface area contributed by atoms with Crippen LogP contribution in [0.3, 0.4) is 0 Å². The minimum atomic E-state index is -0.945. The summed E-state index contributed by atoms with van der Waals surface area (Å²) in [5.74, 6) is -1.81. The van der Waals surface area contributed by atoms with Gasteiger partial charge in [0.25, 0.3) is 11.8 Å². The van der Waals surface area contributed by atoms with Crippen LogP contribution in [0.4, 0.5) is 0 Å². The fraction of sp³-hybridized carbons (Fsp3) is 0.696. The van der Waals surface area contributed by atoms with Crippen molar-refractivity contribution in [1.29, 1.82) is 0 Å². The Morgan fingerprint density at radius 1 is 0.895 bits per heavy atom. The molecule has 0 spiro atoms. The Hall–Kier alpha value is -1.71. The summed E-state index contributed by atoms with van der Waals surface area (Å²) in [5, 5.41) is 16.5. The van der Waals surface area contributed by atoms with Crippen LogP contribution in [0.15, 0.2) is 0 Å². The number of hydroxylamine groups is 2. The number of aliphatic carboxylic acids is 2. The second-order valence-electron chi connectivity index (χ2n) is 7.51. The molecular formula is C23H39NO10S4. The lowest BCUT2D eigenvalue weighted by molar-refractivity contribution is -0.195. The van der Waals surface area contributed by atoms with Crippen molar-refractivity contribution in [3.05, 3.63) is 0 Å². The Bertz CT molecular complexity index is 778. The van der Waals surface area contributed by atoms with Crippen molar-refractivity contribution in [3.8, 4) is 0 Å². The van der Waals surface area contributed by atoms with E-state index in [1.165, 1.54) is 25.6 Å². The number of carbonyl (C=O) groups excluding carboxylic acids is 5. The van der Waals surface area contributed by atoms with E-state index in [0.29, 0.717) is 23.7 Å².